The Hall–Kier alpha value is -2.02. The van der Waals surface area contributed by atoms with Crippen LogP contribution in [0.2, 0.25) is 0 Å². The van der Waals surface area contributed by atoms with Crippen LogP contribution in [0.3, 0.4) is 0 Å². The molecule has 1 aliphatic carbocycles. The maximum Gasteiger partial charge on any atom is 0.242 e. The van der Waals surface area contributed by atoms with E-state index in [4.69, 9.17) is 0 Å². The summed E-state index contributed by atoms with van der Waals surface area (Å²) >= 11 is 2.63. The number of rotatable bonds is 7. The van der Waals surface area contributed by atoms with Gasteiger partial charge in [0.25, 0.3) is 0 Å². The number of carbonyl (C=O) groups excluding carboxylic acids is 2. The van der Waals surface area contributed by atoms with E-state index in [1.807, 2.05) is 0 Å². The summed E-state index contributed by atoms with van der Waals surface area (Å²) in [5, 5.41) is 8.86. The third-order valence-corrected chi connectivity index (χ3v) is 9.27. The lowest BCUT2D eigenvalue weighted by Crippen LogP contribution is -2.36. The minimum atomic E-state index is -3.52. The molecule has 9 nitrogen and oxygen atoms in total. The number of aromatic nitrogens is 2. The van der Waals surface area contributed by atoms with Gasteiger partial charge >= 0.3 is 0 Å². The summed E-state index contributed by atoms with van der Waals surface area (Å²) in [5.41, 5.74) is 1.62. The van der Waals surface area contributed by atoms with Crippen LogP contribution in [-0.4, -0.2) is 67.2 Å². The van der Waals surface area contributed by atoms with Crippen LogP contribution < -0.4 is 9.80 Å². The molecule has 1 saturated carbocycles. The van der Waals surface area contributed by atoms with Crippen molar-refractivity contribution in [3.05, 3.63) is 23.8 Å². The van der Waals surface area contributed by atoms with Crippen molar-refractivity contribution in [2.24, 2.45) is 0 Å². The van der Waals surface area contributed by atoms with Crippen molar-refractivity contribution in [2.75, 3.05) is 36.2 Å². The highest BCUT2D eigenvalue weighted by atomic mass is 32.2. The fraction of sp³-hybridized carbons (Fsp3) is 0.500. The molecule has 4 rings (SSSR count). The number of fused-ring (bicyclic) bond motifs is 1. The third-order valence-electron chi connectivity index (χ3n) is 5.42. The maximum absolute atomic E-state index is 13.0. The molecule has 0 saturated heterocycles. The van der Waals surface area contributed by atoms with E-state index in [1.54, 1.807) is 28.0 Å². The number of sulfonamides is 1. The number of benzene rings is 1. The second-order valence-corrected chi connectivity index (χ2v) is 12.3. The molecule has 32 heavy (non-hydrogen) atoms. The summed E-state index contributed by atoms with van der Waals surface area (Å²) in [6.07, 6.45) is 3.45. The fourth-order valence-electron chi connectivity index (χ4n) is 3.64. The molecule has 2 amide bonds. The van der Waals surface area contributed by atoms with Gasteiger partial charge in [-0.15, -0.1) is 10.2 Å². The normalized spacial score (nSPS) is 16.2. The molecule has 1 aliphatic heterocycles. The predicted molar refractivity (Wildman–Crippen MR) is 125 cm³/mol. The number of anilines is 2. The van der Waals surface area contributed by atoms with Crippen LogP contribution in [0.1, 0.15) is 31.7 Å². The minimum Gasteiger partial charge on any atom is -0.311 e. The molecule has 2 aromatic rings. The monoisotopic (exact) mass is 495 g/mol. The summed E-state index contributed by atoms with van der Waals surface area (Å²) in [5.74, 6) is 0.0772. The number of thioether (sulfide) groups is 1. The second-order valence-electron chi connectivity index (χ2n) is 7.99. The Morgan fingerprint density at radius 2 is 2.00 bits per heavy atom. The predicted octanol–water partition coefficient (Wildman–Crippen LogP) is 2.38. The van der Waals surface area contributed by atoms with Crippen molar-refractivity contribution >= 4 is 55.8 Å². The number of carbonyl (C=O) groups is 2. The lowest BCUT2D eigenvalue weighted by Gasteiger charge is -2.30. The van der Waals surface area contributed by atoms with Crippen LogP contribution in [0.25, 0.3) is 0 Å². The molecule has 0 radical (unpaired) electrons. The number of hydrogen-bond donors (Lipinski definition) is 0. The first-order valence-electron chi connectivity index (χ1n) is 10.3. The second kappa shape index (κ2) is 9.08. The number of nitrogens with zero attached hydrogens (tertiary/aromatic N) is 5. The Morgan fingerprint density at radius 1 is 1.25 bits per heavy atom. The summed E-state index contributed by atoms with van der Waals surface area (Å²) < 4.78 is 26.7. The van der Waals surface area contributed by atoms with Crippen molar-refractivity contribution in [3.63, 3.8) is 0 Å². The minimum absolute atomic E-state index is 0.0446. The number of amides is 2. The first-order chi connectivity index (χ1) is 15.2. The van der Waals surface area contributed by atoms with Crippen LogP contribution >= 0.6 is 23.1 Å². The van der Waals surface area contributed by atoms with Crippen molar-refractivity contribution < 1.29 is 18.0 Å². The Labute approximate surface area is 195 Å². The average molecular weight is 496 g/mol. The number of hydrogen-bond acceptors (Lipinski definition) is 8. The van der Waals surface area contributed by atoms with Gasteiger partial charge in [-0.05, 0) is 49.4 Å². The molecule has 12 heteroatoms. The molecule has 0 spiro atoms. The highest BCUT2D eigenvalue weighted by molar-refractivity contribution is 8.01. The molecule has 0 N–H and O–H groups in total. The molecule has 2 aliphatic rings. The van der Waals surface area contributed by atoms with Gasteiger partial charge in [0.15, 0.2) is 4.34 Å². The molecular weight excluding hydrogens is 470 g/mol. The first kappa shape index (κ1) is 23.1. The Balaban J connectivity index is 1.45. The highest BCUT2D eigenvalue weighted by Crippen LogP contribution is 2.36. The van der Waals surface area contributed by atoms with E-state index in [0.29, 0.717) is 16.0 Å². The summed E-state index contributed by atoms with van der Waals surface area (Å²) in [7, 11) is -0.521. The quantitative estimate of drug-likeness (QED) is 0.429. The van der Waals surface area contributed by atoms with Crippen LogP contribution in [0.4, 0.5) is 10.8 Å². The summed E-state index contributed by atoms with van der Waals surface area (Å²) in [6, 6.07) is 5.16. The van der Waals surface area contributed by atoms with Gasteiger partial charge in [0.1, 0.15) is 0 Å². The van der Waals surface area contributed by atoms with Gasteiger partial charge in [-0.1, -0.05) is 23.1 Å². The van der Waals surface area contributed by atoms with E-state index in [0.717, 1.165) is 36.9 Å². The van der Waals surface area contributed by atoms with Crippen LogP contribution in [0.15, 0.2) is 27.4 Å². The van der Waals surface area contributed by atoms with Crippen LogP contribution in [0, 0.1) is 0 Å². The van der Waals surface area contributed by atoms with Crippen molar-refractivity contribution in [1.82, 2.24) is 14.5 Å². The molecule has 0 atom stereocenters. The van der Waals surface area contributed by atoms with Crippen LogP contribution in [-0.2, 0) is 26.0 Å². The molecule has 1 fully saturated rings. The van der Waals surface area contributed by atoms with Gasteiger partial charge in [0, 0.05) is 39.3 Å². The smallest absolute Gasteiger partial charge is 0.242 e. The zero-order valence-corrected chi connectivity index (χ0v) is 20.6. The van der Waals surface area contributed by atoms with E-state index in [2.05, 4.69) is 10.2 Å². The standard InChI is InChI=1S/C20H25N5O4S3/c1-13(26)25(15-6-7-15)19-21-22-20(31-19)30-12-18(27)24-10-4-5-14-11-16(8-9-17(14)24)32(28,29)23(2)3/h8-9,11,15H,4-7,10,12H2,1-3H3. The van der Waals surface area contributed by atoms with E-state index >= 15 is 0 Å². The van der Waals surface area contributed by atoms with Gasteiger partial charge < -0.3 is 4.90 Å². The number of aryl methyl sites for hydroxylation is 1. The lowest BCUT2D eigenvalue weighted by molar-refractivity contribution is -0.117. The first-order valence-corrected chi connectivity index (χ1v) is 13.5. The maximum atomic E-state index is 13.0. The molecule has 172 valence electrons. The SMILES string of the molecule is CC(=O)N(c1nnc(SCC(=O)N2CCCc3cc(S(=O)(=O)N(C)C)ccc32)s1)C1CC1. The average Bonchev–Trinajstić information content (AvgIpc) is 3.47. The van der Waals surface area contributed by atoms with Crippen molar-refractivity contribution in [1.29, 1.82) is 0 Å². The summed E-state index contributed by atoms with van der Waals surface area (Å²) in [4.78, 5) is 28.5. The van der Waals surface area contributed by atoms with E-state index in [9.17, 15) is 18.0 Å². The van der Waals surface area contributed by atoms with Gasteiger partial charge in [-0.3, -0.25) is 14.5 Å². The lowest BCUT2D eigenvalue weighted by atomic mass is 10.0. The van der Waals surface area contributed by atoms with Gasteiger partial charge in [0.05, 0.1) is 10.6 Å². The zero-order valence-electron chi connectivity index (χ0n) is 18.1. The van der Waals surface area contributed by atoms with E-state index in [1.165, 1.54) is 48.4 Å². The molecule has 1 aromatic carbocycles. The molecule has 2 heterocycles. The Bertz CT molecular complexity index is 1140. The molecule has 0 unspecified atom stereocenters. The third kappa shape index (κ3) is 4.68. The fourth-order valence-corrected chi connectivity index (χ4v) is 6.43. The highest BCUT2D eigenvalue weighted by Gasteiger charge is 2.34. The largest absolute Gasteiger partial charge is 0.311 e. The van der Waals surface area contributed by atoms with Crippen molar-refractivity contribution in [3.8, 4) is 0 Å². The Kier molecular flexibility index (Phi) is 6.57. The van der Waals surface area contributed by atoms with E-state index in [-0.39, 0.29) is 28.5 Å². The van der Waals surface area contributed by atoms with Gasteiger partial charge in [-0.2, -0.15) is 0 Å². The summed E-state index contributed by atoms with van der Waals surface area (Å²) in [6.45, 7) is 2.12. The topological polar surface area (TPSA) is 104 Å². The van der Waals surface area contributed by atoms with Crippen molar-refractivity contribution in [2.45, 2.75) is 47.9 Å². The van der Waals surface area contributed by atoms with Gasteiger partial charge in [-0.25, -0.2) is 12.7 Å². The van der Waals surface area contributed by atoms with Crippen LogP contribution in [0.5, 0.6) is 0 Å². The van der Waals surface area contributed by atoms with E-state index < -0.39 is 10.0 Å². The Morgan fingerprint density at radius 3 is 2.66 bits per heavy atom. The molecule has 1 aromatic heterocycles. The molecular formula is C20H25N5O4S3. The van der Waals surface area contributed by atoms with Gasteiger partial charge in [0.2, 0.25) is 27.0 Å². The zero-order chi connectivity index (χ0) is 23.0. The molecule has 0 bridgehead atoms.